The number of amides is 1. The number of nitrogens with one attached hydrogen (secondary N) is 1. The number of fused-ring (bicyclic) bond motifs is 1. The van der Waals surface area contributed by atoms with E-state index in [-0.39, 0.29) is 5.69 Å². The summed E-state index contributed by atoms with van der Waals surface area (Å²) in [7, 11) is 0. The van der Waals surface area contributed by atoms with Gasteiger partial charge in [0.25, 0.3) is 5.91 Å². The maximum absolute atomic E-state index is 12.9. The molecule has 0 atom stereocenters. The van der Waals surface area contributed by atoms with Crippen LogP contribution in [0.5, 0.6) is 0 Å². The van der Waals surface area contributed by atoms with Gasteiger partial charge in [-0.05, 0) is 48.0 Å². The average molecular weight is 465 g/mol. The van der Waals surface area contributed by atoms with Crippen molar-refractivity contribution in [3.8, 4) is 16.9 Å². The van der Waals surface area contributed by atoms with E-state index >= 15 is 0 Å². The van der Waals surface area contributed by atoms with Crippen molar-refractivity contribution in [2.24, 2.45) is 5.10 Å². The van der Waals surface area contributed by atoms with Gasteiger partial charge in [-0.15, -0.1) is 0 Å². The van der Waals surface area contributed by atoms with Crippen molar-refractivity contribution in [3.05, 3.63) is 119 Å². The van der Waals surface area contributed by atoms with E-state index in [1.807, 2.05) is 67.6 Å². The van der Waals surface area contributed by atoms with Gasteiger partial charge in [0.15, 0.2) is 5.69 Å². The van der Waals surface area contributed by atoms with Crippen molar-refractivity contribution in [2.45, 2.75) is 6.92 Å². The Balaban J connectivity index is 1.51. The zero-order valence-electron chi connectivity index (χ0n) is 18.4. The number of benzene rings is 4. The van der Waals surface area contributed by atoms with E-state index in [2.05, 4.69) is 39.9 Å². The van der Waals surface area contributed by atoms with Crippen molar-refractivity contribution >= 4 is 34.5 Å². The molecule has 0 bridgehead atoms. The lowest BCUT2D eigenvalue weighted by molar-refractivity contribution is 0.0949. The molecule has 0 aliphatic rings. The molecule has 1 heterocycles. The van der Waals surface area contributed by atoms with Crippen LogP contribution in [0.25, 0.3) is 27.7 Å². The maximum Gasteiger partial charge on any atom is 0.291 e. The highest BCUT2D eigenvalue weighted by atomic mass is 35.5. The fraction of sp³-hybridized carbons (Fsp3) is 0.0357. The minimum Gasteiger partial charge on any atom is -0.265 e. The Morgan fingerprint density at radius 2 is 1.65 bits per heavy atom. The molecule has 0 aliphatic heterocycles. The SMILES string of the molecule is Cc1ccc(-n2nc(C(=O)N/N=C\c3ccccc3Cl)cc2-c2ccc3ccccc3c2)cc1. The summed E-state index contributed by atoms with van der Waals surface area (Å²) in [5.41, 5.74) is 7.33. The normalized spacial score (nSPS) is 11.2. The van der Waals surface area contributed by atoms with E-state index < -0.39 is 5.91 Å². The third-order valence-electron chi connectivity index (χ3n) is 5.54. The van der Waals surface area contributed by atoms with Crippen molar-refractivity contribution in [2.75, 3.05) is 0 Å². The molecule has 0 saturated carbocycles. The summed E-state index contributed by atoms with van der Waals surface area (Å²) in [5, 5.41) is 11.5. The molecular formula is C28H21ClN4O. The molecule has 5 nitrogen and oxygen atoms in total. The first-order chi connectivity index (χ1) is 16.6. The summed E-state index contributed by atoms with van der Waals surface area (Å²) >= 11 is 6.15. The van der Waals surface area contributed by atoms with Gasteiger partial charge in [-0.2, -0.15) is 10.2 Å². The zero-order valence-corrected chi connectivity index (χ0v) is 19.2. The molecule has 4 aromatic carbocycles. The third-order valence-corrected chi connectivity index (χ3v) is 5.88. The topological polar surface area (TPSA) is 59.3 Å². The van der Waals surface area contributed by atoms with Crippen molar-refractivity contribution < 1.29 is 4.79 Å². The number of halogens is 1. The number of hydrazone groups is 1. The standard InChI is InChI=1S/C28H21ClN4O/c1-19-10-14-24(15-11-19)33-27(22-13-12-20-6-2-3-7-21(20)16-22)17-26(32-33)28(34)31-30-18-23-8-4-5-9-25(23)29/h2-18H,1H3,(H,31,34)/b30-18-. The van der Waals surface area contributed by atoms with Gasteiger partial charge in [0.1, 0.15) is 0 Å². The average Bonchev–Trinajstić information content (AvgIpc) is 3.31. The number of hydrogen-bond acceptors (Lipinski definition) is 3. The molecule has 0 aliphatic carbocycles. The predicted octanol–water partition coefficient (Wildman–Crippen LogP) is 6.42. The molecule has 5 aromatic rings. The monoisotopic (exact) mass is 464 g/mol. The summed E-state index contributed by atoms with van der Waals surface area (Å²) in [6.07, 6.45) is 1.52. The van der Waals surface area contributed by atoms with E-state index in [0.29, 0.717) is 10.6 Å². The van der Waals surface area contributed by atoms with Crippen LogP contribution in [0.4, 0.5) is 0 Å². The van der Waals surface area contributed by atoms with E-state index in [1.54, 1.807) is 16.8 Å². The second kappa shape index (κ2) is 9.33. The fourth-order valence-electron chi connectivity index (χ4n) is 3.73. The van der Waals surface area contributed by atoms with Crippen molar-refractivity contribution in [1.29, 1.82) is 0 Å². The lowest BCUT2D eigenvalue weighted by atomic mass is 10.0. The Morgan fingerprint density at radius 3 is 2.44 bits per heavy atom. The highest BCUT2D eigenvalue weighted by Crippen LogP contribution is 2.28. The van der Waals surface area contributed by atoms with Gasteiger partial charge in [-0.25, -0.2) is 10.1 Å². The minimum absolute atomic E-state index is 0.264. The molecule has 0 fully saturated rings. The van der Waals surface area contributed by atoms with Gasteiger partial charge in [-0.3, -0.25) is 4.79 Å². The minimum atomic E-state index is -0.406. The molecule has 0 saturated heterocycles. The molecule has 1 amide bonds. The second-order valence-corrected chi connectivity index (χ2v) is 8.35. The van der Waals surface area contributed by atoms with E-state index in [1.165, 1.54) is 6.21 Å². The molecule has 5 rings (SSSR count). The van der Waals surface area contributed by atoms with Gasteiger partial charge in [0.05, 0.1) is 17.6 Å². The van der Waals surface area contributed by atoms with E-state index in [0.717, 1.165) is 33.3 Å². The molecule has 0 spiro atoms. The van der Waals surface area contributed by atoms with Crippen LogP contribution < -0.4 is 5.43 Å². The molecule has 34 heavy (non-hydrogen) atoms. The lowest BCUT2D eigenvalue weighted by Gasteiger charge is -2.09. The highest BCUT2D eigenvalue weighted by Gasteiger charge is 2.17. The van der Waals surface area contributed by atoms with Crippen LogP contribution in [0.2, 0.25) is 5.02 Å². The summed E-state index contributed by atoms with van der Waals surface area (Å²) < 4.78 is 1.79. The second-order valence-electron chi connectivity index (χ2n) is 7.94. The van der Waals surface area contributed by atoms with Gasteiger partial charge in [0.2, 0.25) is 0 Å². The van der Waals surface area contributed by atoms with Crippen LogP contribution in [-0.4, -0.2) is 21.9 Å². The number of carbonyl (C=O) groups excluding carboxylic acids is 1. The van der Waals surface area contributed by atoms with Crippen molar-refractivity contribution in [3.63, 3.8) is 0 Å². The Hall–Kier alpha value is -4.22. The van der Waals surface area contributed by atoms with Crippen LogP contribution in [0, 0.1) is 6.92 Å². The molecule has 0 unspecified atom stereocenters. The largest absolute Gasteiger partial charge is 0.291 e. The number of aryl methyl sites for hydroxylation is 1. The Kier molecular flexibility index (Phi) is 5.93. The zero-order chi connectivity index (χ0) is 23.5. The van der Waals surface area contributed by atoms with Gasteiger partial charge >= 0.3 is 0 Å². The molecule has 1 N–H and O–H groups in total. The maximum atomic E-state index is 12.9. The Labute approximate surface area is 202 Å². The summed E-state index contributed by atoms with van der Waals surface area (Å²) in [5.74, 6) is -0.406. The van der Waals surface area contributed by atoms with Crippen molar-refractivity contribution in [1.82, 2.24) is 15.2 Å². The lowest BCUT2D eigenvalue weighted by Crippen LogP contribution is -2.18. The number of carbonyl (C=O) groups is 1. The molecule has 0 radical (unpaired) electrons. The van der Waals surface area contributed by atoms with Crippen LogP contribution in [0.1, 0.15) is 21.6 Å². The number of rotatable bonds is 5. The molecular weight excluding hydrogens is 444 g/mol. The first-order valence-corrected chi connectivity index (χ1v) is 11.2. The molecule has 6 heteroatoms. The third kappa shape index (κ3) is 4.47. The van der Waals surface area contributed by atoms with Crippen LogP contribution >= 0.6 is 11.6 Å². The number of aromatic nitrogens is 2. The fourth-order valence-corrected chi connectivity index (χ4v) is 3.91. The van der Waals surface area contributed by atoms with E-state index in [9.17, 15) is 4.79 Å². The summed E-state index contributed by atoms with van der Waals surface area (Å²) in [4.78, 5) is 12.9. The van der Waals surface area contributed by atoms with Crippen LogP contribution in [0.15, 0.2) is 102 Å². The van der Waals surface area contributed by atoms with Crippen LogP contribution in [-0.2, 0) is 0 Å². The molecule has 1 aromatic heterocycles. The first-order valence-electron chi connectivity index (χ1n) is 10.8. The molecule has 166 valence electrons. The van der Waals surface area contributed by atoms with Crippen LogP contribution in [0.3, 0.4) is 0 Å². The Bertz CT molecular complexity index is 1520. The smallest absolute Gasteiger partial charge is 0.265 e. The van der Waals surface area contributed by atoms with Gasteiger partial charge < -0.3 is 0 Å². The first kappa shape index (κ1) is 21.6. The number of nitrogens with zero attached hydrogens (tertiary/aromatic N) is 3. The predicted molar refractivity (Wildman–Crippen MR) is 138 cm³/mol. The summed E-state index contributed by atoms with van der Waals surface area (Å²) in [6.45, 7) is 2.03. The quantitative estimate of drug-likeness (QED) is 0.241. The Morgan fingerprint density at radius 1 is 0.912 bits per heavy atom. The summed E-state index contributed by atoms with van der Waals surface area (Å²) in [6, 6.07) is 31.5. The van der Waals surface area contributed by atoms with E-state index in [4.69, 9.17) is 11.6 Å². The highest BCUT2D eigenvalue weighted by molar-refractivity contribution is 6.33. The van der Waals surface area contributed by atoms with Gasteiger partial charge in [-0.1, -0.05) is 83.9 Å². The van der Waals surface area contributed by atoms with Gasteiger partial charge in [0, 0.05) is 16.1 Å². The number of hydrogen-bond donors (Lipinski definition) is 1.